The van der Waals surface area contributed by atoms with Crippen molar-refractivity contribution in [1.29, 1.82) is 0 Å². The molecule has 0 spiro atoms. The highest BCUT2D eigenvalue weighted by Crippen LogP contribution is 2.25. The smallest absolute Gasteiger partial charge is 0.262 e. The molecule has 0 radical (unpaired) electrons. The lowest BCUT2D eigenvalue weighted by Crippen LogP contribution is -2.48. The Balaban J connectivity index is 1.68. The monoisotopic (exact) mass is 565 g/mol. The molecule has 0 aliphatic rings. The van der Waals surface area contributed by atoms with E-state index < -0.39 is 17.9 Å². The number of hydrogen-bond acceptors (Lipinski definition) is 4. The number of benzene rings is 3. The van der Waals surface area contributed by atoms with Crippen molar-refractivity contribution in [2.75, 3.05) is 0 Å². The Kier molecular flexibility index (Phi) is 10.0. The van der Waals surface area contributed by atoms with Gasteiger partial charge in [0, 0.05) is 26.7 Å². The van der Waals surface area contributed by atoms with Crippen LogP contribution in [0, 0.1) is 5.92 Å². The van der Waals surface area contributed by atoms with Gasteiger partial charge in [-0.25, -0.2) is 5.43 Å². The third-order valence-corrected chi connectivity index (χ3v) is 6.45. The van der Waals surface area contributed by atoms with Crippen LogP contribution in [0.25, 0.3) is 0 Å². The quantitative estimate of drug-likeness (QED) is 0.221. The van der Waals surface area contributed by atoms with Crippen LogP contribution in [0.15, 0.2) is 65.8 Å². The molecule has 0 fully saturated rings. The number of carbonyl (C=O) groups is 2. The van der Waals surface area contributed by atoms with Crippen molar-refractivity contribution in [1.82, 2.24) is 10.7 Å². The lowest BCUT2D eigenvalue weighted by Gasteiger charge is -2.20. The van der Waals surface area contributed by atoms with E-state index in [1.54, 1.807) is 38.1 Å². The minimum atomic E-state index is -0.848. The number of carbonyl (C=O) groups excluding carboxylic acids is 2. The third-order valence-electron chi connectivity index (χ3n) is 5.11. The average Bonchev–Trinajstić information content (AvgIpc) is 2.84. The zero-order valence-corrected chi connectivity index (χ0v) is 22.4. The van der Waals surface area contributed by atoms with Crippen LogP contribution in [-0.4, -0.2) is 24.1 Å². The molecule has 0 saturated carbocycles. The number of ether oxygens (including phenoxy) is 1. The predicted molar refractivity (Wildman–Crippen MR) is 146 cm³/mol. The molecule has 0 aromatic heterocycles. The standard InChI is InChI=1S/C26H23Cl4N3O3/c1-15(2)24(32-25(34)16-7-9-21(29)22(30)12-16)26(35)33-31-13-18-11-19(27)8-10-23(18)36-14-17-5-3-4-6-20(17)28/h3-13,15,24H,14H2,1-2H3,(H,32,34)(H,33,35)/b31-13+. The van der Waals surface area contributed by atoms with E-state index in [9.17, 15) is 9.59 Å². The molecule has 0 bridgehead atoms. The van der Waals surface area contributed by atoms with Crippen molar-refractivity contribution in [2.45, 2.75) is 26.5 Å². The van der Waals surface area contributed by atoms with Gasteiger partial charge >= 0.3 is 0 Å². The van der Waals surface area contributed by atoms with Crippen LogP contribution in [0.2, 0.25) is 20.1 Å². The maximum atomic E-state index is 12.8. The first-order valence-electron chi connectivity index (χ1n) is 10.9. The molecule has 3 aromatic rings. The molecule has 10 heteroatoms. The maximum absolute atomic E-state index is 12.8. The molecule has 2 amide bonds. The zero-order valence-electron chi connectivity index (χ0n) is 19.4. The molecule has 3 aromatic carbocycles. The van der Waals surface area contributed by atoms with Crippen LogP contribution in [0.5, 0.6) is 5.75 Å². The molecule has 0 aliphatic carbocycles. The highest BCUT2D eigenvalue weighted by Gasteiger charge is 2.24. The zero-order chi connectivity index (χ0) is 26.2. The van der Waals surface area contributed by atoms with E-state index in [0.717, 1.165) is 5.56 Å². The molecule has 188 valence electrons. The minimum Gasteiger partial charge on any atom is -0.488 e. The van der Waals surface area contributed by atoms with Crippen LogP contribution in [0.3, 0.4) is 0 Å². The molecular weight excluding hydrogens is 544 g/mol. The molecule has 1 atom stereocenters. The summed E-state index contributed by atoms with van der Waals surface area (Å²) in [5.74, 6) is -0.662. The largest absolute Gasteiger partial charge is 0.488 e. The Morgan fingerprint density at radius 2 is 1.69 bits per heavy atom. The average molecular weight is 567 g/mol. The first-order valence-corrected chi connectivity index (χ1v) is 12.4. The molecule has 3 rings (SSSR count). The topological polar surface area (TPSA) is 79.8 Å². The Labute approximate surface area is 229 Å². The van der Waals surface area contributed by atoms with E-state index in [1.165, 1.54) is 24.4 Å². The van der Waals surface area contributed by atoms with Crippen molar-refractivity contribution in [3.63, 3.8) is 0 Å². The molecule has 36 heavy (non-hydrogen) atoms. The lowest BCUT2D eigenvalue weighted by molar-refractivity contribution is -0.123. The Morgan fingerprint density at radius 1 is 0.944 bits per heavy atom. The summed E-state index contributed by atoms with van der Waals surface area (Å²) in [5.41, 5.74) is 4.13. The number of nitrogens with one attached hydrogen (secondary N) is 2. The molecule has 0 saturated heterocycles. The number of hydrazone groups is 1. The summed E-state index contributed by atoms with van der Waals surface area (Å²) in [6.45, 7) is 3.85. The summed E-state index contributed by atoms with van der Waals surface area (Å²) >= 11 is 24.2. The highest BCUT2D eigenvalue weighted by molar-refractivity contribution is 6.42. The second kappa shape index (κ2) is 13.0. The maximum Gasteiger partial charge on any atom is 0.262 e. The van der Waals surface area contributed by atoms with Crippen molar-refractivity contribution < 1.29 is 14.3 Å². The van der Waals surface area contributed by atoms with Gasteiger partial charge in [-0.1, -0.05) is 78.5 Å². The van der Waals surface area contributed by atoms with Crippen LogP contribution < -0.4 is 15.5 Å². The number of halogens is 4. The van der Waals surface area contributed by atoms with Gasteiger partial charge in [-0.15, -0.1) is 0 Å². The van der Waals surface area contributed by atoms with Gasteiger partial charge in [-0.3, -0.25) is 9.59 Å². The minimum absolute atomic E-state index is 0.215. The second-order valence-corrected chi connectivity index (χ2v) is 9.78. The molecule has 0 heterocycles. The number of rotatable bonds is 9. The third kappa shape index (κ3) is 7.61. The van der Waals surface area contributed by atoms with Gasteiger partial charge in [0.1, 0.15) is 18.4 Å². The predicted octanol–water partition coefficient (Wildman–Crippen LogP) is 6.78. The summed E-state index contributed by atoms with van der Waals surface area (Å²) < 4.78 is 5.90. The van der Waals surface area contributed by atoms with Crippen molar-refractivity contribution in [3.05, 3.63) is 97.4 Å². The summed E-state index contributed by atoms with van der Waals surface area (Å²) in [5, 5.41) is 8.40. The first-order chi connectivity index (χ1) is 17.2. The fourth-order valence-corrected chi connectivity index (χ4v) is 3.82. The fraction of sp³-hybridized carbons (Fsp3) is 0.192. The van der Waals surface area contributed by atoms with Gasteiger partial charge in [0.05, 0.1) is 16.3 Å². The first kappa shape index (κ1) is 27.8. The van der Waals surface area contributed by atoms with Gasteiger partial charge in [0.15, 0.2) is 0 Å². The normalized spacial score (nSPS) is 12.0. The van der Waals surface area contributed by atoms with Gasteiger partial charge in [-0.2, -0.15) is 5.10 Å². The van der Waals surface area contributed by atoms with Crippen molar-refractivity contribution in [2.24, 2.45) is 11.0 Å². The van der Waals surface area contributed by atoms with Gasteiger partial charge in [0.2, 0.25) is 0 Å². The summed E-state index contributed by atoms with van der Waals surface area (Å²) in [7, 11) is 0. The van der Waals surface area contributed by atoms with E-state index in [1.807, 2.05) is 18.2 Å². The Bertz CT molecular complexity index is 1280. The number of nitrogens with zero attached hydrogens (tertiary/aromatic N) is 1. The SMILES string of the molecule is CC(C)C(NC(=O)c1ccc(Cl)c(Cl)c1)C(=O)N/N=C/c1cc(Cl)ccc1OCc1ccccc1Cl. The highest BCUT2D eigenvalue weighted by atomic mass is 35.5. The Hall–Kier alpha value is -2.77. The van der Waals surface area contributed by atoms with Crippen LogP contribution in [-0.2, 0) is 11.4 Å². The van der Waals surface area contributed by atoms with Gasteiger partial charge in [-0.05, 0) is 48.4 Å². The molecule has 2 N–H and O–H groups in total. The summed E-state index contributed by atoms with van der Waals surface area (Å²) in [6, 6.07) is 16.0. The van der Waals surface area contributed by atoms with E-state index in [4.69, 9.17) is 51.1 Å². The summed E-state index contributed by atoms with van der Waals surface area (Å²) in [6.07, 6.45) is 1.42. The van der Waals surface area contributed by atoms with Crippen molar-refractivity contribution in [3.8, 4) is 5.75 Å². The molecule has 0 aliphatic heterocycles. The van der Waals surface area contributed by atoms with E-state index in [0.29, 0.717) is 26.4 Å². The number of hydrogen-bond donors (Lipinski definition) is 2. The van der Waals surface area contributed by atoms with Crippen LogP contribution in [0.4, 0.5) is 0 Å². The van der Waals surface area contributed by atoms with E-state index in [-0.39, 0.29) is 23.1 Å². The van der Waals surface area contributed by atoms with Gasteiger partial charge < -0.3 is 10.1 Å². The van der Waals surface area contributed by atoms with Crippen LogP contribution >= 0.6 is 46.4 Å². The van der Waals surface area contributed by atoms with Gasteiger partial charge in [0.25, 0.3) is 11.8 Å². The molecule has 6 nitrogen and oxygen atoms in total. The lowest BCUT2D eigenvalue weighted by atomic mass is 10.0. The van der Waals surface area contributed by atoms with E-state index in [2.05, 4.69) is 15.8 Å². The number of amides is 2. The molecule has 1 unspecified atom stereocenters. The fourth-order valence-electron chi connectivity index (χ4n) is 3.15. The Morgan fingerprint density at radius 3 is 2.39 bits per heavy atom. The molecular formula is C26H23Cl4N3O3. The van der Waals surface area contributed by atoms with E-state index >= 15 is 0 Å². The van der Waals surface area contributed by atoms with Crippen molar-refractivity contribution >= 4 is 64.4 Å². The second-order valence-electron chi connectivity index (χ2n) is 8.12. The summed E-state index contributed by atoms with van der Waals surface area (Å²) in [4.78, 5) is 25.4. The van der Waals surface area contributed by atoms with Crippen LogP contribution in [0.1, 0.15) is 35.3 Å².